The molecule has 0 aliphatic heterocycles. The highest BCUT2D eigenvalue weighted by atomic mass is 32.2. The van der Waals surface area contributed by atoms with Gasteiger partial charge < -0.3 is 25.0 Å². The minimum absolute atomic E-state index is 0.0810. The number of sulfonamides is 1. The summed E-state index contributed by atoms with van der Waals surface area (Å²) in [6.45, 7) is 0.986. The summed E-state index contributed by atoms with van der Waals surface area (Å²) in [4.78, 5) is 1.42. The first kappa shape index (κ1) is 27.8. The van der Waals surface area contributed by atoms with Crippen LogP contribution in [0.5, 0.6) is 23.3 Å². The summed E-state index contributed by atoms with van der Waals surface area (Å²) in [5.74, 6) is -1.70. The molecule has 39 heavy (non-hydrogen) atoms. The Balaban J connectivity index is 1.71. The molecule has 0 spiro atoms. The van der Waals surface area contributed by atoms with Gasteiger partial charge in [0.2, 0.25) is 10.0 Å². The molecule has 0 aliphatic carbocycles. The van der Waals surface area contributed by atoms with E-state index in [4.69, 9.17) is 4.74 Å². The van der Waals surface area contributed by atoms with Gasteiger partial charge in [-0.1, -0.05) is 35.4 Å². The fourth-order valence-corrected chi connectivity index (χ4v) is 5.09. The standard InChI is InChI=1S/C26H28FN5O6S/c1-30(2)12-13-38-23-11-7-4-8-17(23)16-31(3)39(36,37)24-14-18(21(33)15-22(24)34)25-28-29-26(35)32(25)20-10-6-5-9-19(20)27/h4-11,14-15,33-34H,12-13,16H2,1-3H3,(H,29,35). The average Bonchev–Trinajstić information content (AvgIpc) is 3.25. The van der Waals surface area contributed by atoms with Crippen molar-refractivity contribution in [3.05, 3.63) is 72.0 Å². The second kappa shape index (κ2) is 11.3. The zero-order valence-corrected chi connectivity index (χ0v) is 22.3. The lowest BCUT2D eigenvalue weighted by Gasteiger charge is -2.21. The van der Waals surface area contributed by atoms with Crippen LogP contribution in [0.2, 0.25) is 0 Å². The smallest absolute Gasteiger partial charge is 0.319 e. The van der Waals surface area contributed by atoms with Gasteiger partial charge in [-0.15, -0.1) is 5.10 Å². The number of rotatable bonds is 10. The van der Waals surface area contributed by atoms with Crippen molar-refractivity contribution in [1.29, 1.82) is 0 Å². The maximum absolute atomic E-state index is 14.5. The molecule has 11 nitrogen and oxygen atoms in total. The molecular weight excluding hydrogens is 529 g/mol. The molecule has 3 N–H and O–H groups in total. The fraction of sp³-hybridized carbons (Fsp3) is 0.231. The van der Waals surface area contributed by atoms with Gasteiger partial charge in [-0.25, -0.2) is 17.4 Å². The van der Waals surface area contributed by atoms with Crippen LogP contribution in [-0.2, 0) is 16.6 Å². The largest absolute Gasteiger partial charge is 0.507 e. The Morgan fingerprint density at radius 1 is 0.949 bits per heavy atom. The Hall–Kier alpha value is -4.20. The van der Waals surface area contributed by atoms with Gasteiger partial charge in [-0.3, -0.25) is 0 Å². The molecule has 206 valence electrons. The highest BCUT2D eigenvalue weighted by Gasteiger charge is 2.29. The summed E-state index contributed by atoms with van der Waals surface area (Å²) < 4.78 is 49.4. The Morgan fingerprint density at radius 3 is 2.36 bits per heavy atom. The van der Waals surface area contributed by atoms with Crippen LogP contribution in [0.15, 0.2) is 65.6 Å². The Labute approximate surface area is 225 Å². The maximum atomic E-state index is 14.5. The molecule has 0 bridgehead atoms. The van der Waals surface area contributed by atoms with Crippen LogP contribution >= 0.6 is 0 Å². The number of halogens is 1. The van der Waals surface area contributed by atoms with Gasteiger partial charge in [0.15, 0.2) is 5.82 Å². The van der Waals surface area contributed by atoms with E-state index < -0.39 is 38.2 Å². The number of hydrogen-bond donors (Lipinski definition) is 3. The molecule has 1 aromatic heterocycles. The summed E-state index contributed by atoms with van der Waals surface area (Å²) >= 11 is 0. The third kappa shape index (κ3) is 5.79. The average molecular weight is 558 g/mol. The topological polar surface area (TPSA) is 141 Å². The number of aromatic hydroxyl groups is 3. The van der Waals surface area contributed by atoms with Gasteiger partial charge in [-0.2, -0.15) is 4.31 Å². The van der Waals surface area contributed by atoms with E-state index in [0.717, 1.165) is 27.1 Å². The van der Waals surface area contributed by atoms with E-state index in [9.17, 15) is 28.1 Å². The first-order valence-corrected chi connectivity index (χ1v) is 13.2. The van der Waals surface area contributed by atoms with Gasteiger partial charge >= 0.3 is 6.01 Å². The van der Waals surface area contributed by atoms with Crippen LogP contribution in [-0.4, -0.2) is 82.0 Å². The van der Waals surface area contributed by atoms with E-state index >= 15 is 0 Å². The van der Waals surface area contributed by atoms with E-state index in [2.05, 4.69) is 10.2 Å². The van der Waals surface area contributed by atoms with Crippen molar-refractivity contribution >= 4 is 10.0 Å². The fourth-order valence-electron chi connectivity index (χ4n) is 3.85. The number of likely N-dealkylation sites (N-methyl/N-ethyl adjacent to an activating group) is 1. The summed E-state index contributed by atoms with van der Waals surface area (Å²) in [6.07, 6.45) is 0. The molecule has 0 aliphatic rings. The normalized spacial score (nSPS) is 11.8. The third-order valence-corrected chi connectivity index (χ3v) is 7.74. The maximum Gasteiger partial charge on any atom is 0.319 e. The Morgan fingerprint density at radius 2 is 1.64 bits per heavy atom. The number of aromatic nitrogens is 3. The van der Waals surface area contributed by atoms with Crippen LogP contribution < -0.4 is 4.74 Å². The van der Waals surface area contributed by atoms with Crippen LogP contribution in [0.25, 0.3) is 17.1 Å². The molecule has 4 rings (SSSR count). The molecule has 0 saturated carbocycles. The van der Waals surface area contributed by atoms with Crippen molar-refractivity contribution in [1.82, 2.24) is 24.0 Å². The van der Waals surface area contributed by atoms with E-state index in [1.54, 1.807) is 24.3 Å². The molecule has 0 unspecified atom stereocenters. The number of hydrogen-bond acceptors (Lipinski definition) is 9. The number of nitrogens with zero attached hydrogens (tertiary/aromatic N) is 5. The van der Waals surface area contributed by atoms with Crippen molar-refractivity contribution in [2.24, 2.45) is 0 Å². The van der Waals surface area contributed by atoms with Crippen molar-refractivity contribution in [2.45, 2.75) is 11.4 Å². The van der Waals surface area contributed by atoms with Crippen molar-refractivity contribution < 1.29 is 32.9 Å². The van der Waals surface area contributed by atoms with Crippen LogP contribution in [0.3, 0.4) is 0 Å². The van der Waals surface area contributed by atoms with Crippen molar-refractivity contribution in [3.63, 3.8) is 0 Å². The molecule has 0 fully saturated rings. The number of phenolic OH excluding ortho intramolecular Hbond substituents is 2. The van der Waals surface area contributed by atoms with E-state index in [-0.39, 0.29) is 23.6 Å². The zero-order chi connectivity index (χ0) is 28.3. The van der Waals surface area contributed by atoms with Gasteiger partial charge in [0.05, 0.1) is 11.3 Å². The van der Waals surface area contributed by atoms with Gasteiger partial charge in [-0.05, 0) is 38.4 Å². The lowest BCUT2D eigenvalue weighted by atomic mass is 10.1. The summed E-state index contributed by atoms with van der Waals surface area (Å²) in [5.41, 5.74) is 0.267. The monoisotopic (exact) mass is 557 g/mol. The summed E-state index contributed by atoms with van der Waals surface area (Å²) in [5, 5.41) is 38.7. The van der Waals surface area contributed by atoms with Crippen molar-refractivity contribution in [2.75, 3.05) is 34.3 Å². The van der Waals surface area contributed by atoms with E-state index in [1.807, 2.05) is 19.0 Å². The SMILES string of the molecule is CN(C)CCOc1ccccc1CN(C)S(=O)(=O)c1cc(-c2nnc(O)n2-c2ccccc2F)c(O)cc1O. The first-order valence-electron chi connectivity index (χ1n) is 11.8. The molecular formula is C26H28FN5O6S. The molecule has 3 aromatic carbocycles. The first-order chi connectivity index (χ1) is 18.5. The quantitative estimate of drug-likeness (QED) is 0.268. The highest BCUT2D eigenvalue weighted by molar-refractivity contribution is 7.89. The number of para-hydroxylation sites is 2. The number of benzene rings is 3. The predicted octanol–water partition coefficient (Wildman–Crippen LogP) is 2.95. The lowest BCUT2D eigenvalue weighted by molar-refractivity contribution is 0.258. The van der Waals surface area contributed by atoms with E-state index in [0.29, 0.717) is 24.5 Å². The third-order valence-electron chi connectivity index (χ3n) is 5.91. The molecule has 1 heterocycles. The minimum Gasteiger partial charge on any atom is -0.507 e. The zero-order valence-electron chi connectivity index (χ0n) is 21.5. The molecule has 0 atom stereocenters. The lowest BCUT2D eigenvalue weighted by Crippen LogP contribution is -2.27. The van der Waals surface area contributed by atoms with Gasteiger partial charge in [0, 0.05) is 31.8 Å². The summed E-state index contributed by atoms with van der Waals surface area (Å²) in [7, 11) is 0.830. The Bertz CT molecular complexity index is 1590. The van der Waals surface area contributed by atoms with Crippen molar-refractivity contribution in [3.8, 4) is 40.3 Å². The second-order valence-corrected chi connectivity index (χ2v) is 11.0. The van der Waals surface area contributed by atoms with Gasteiger partial charge in [0.25, 0.3) is 0 Å². The molecule has 13 heteroatoms. The molecule has 0 amide bonds. The van der Waals surface area contributed by atoms with Crippen LogP contribution in [0.4, 0.5) is 4.39 Å². The number of phenols is 2. The number of ether oxygens (including phenoxy) is 1. The minimum atomic E-state index is -4.33. The predicted molar refractivity (Wildman–Crippen MR) is 141 cm³/mol. The second-order valence-electron chi connectivity index (χ2n) is 8.97. The van der Waals surface area contributed by atoms with Crippen LogP contribution in [0.1, 0.15) is 5.56 Å². The molecule has 0 radical (unpaired) electrons. The Kier molecular flexibility index (Phi) is 8.04. The van der Waals surface area contributed by atoms with E-state index in [1.165, 1.54) is 25.2 Å². The molecule has 0 saturated heterocycles. The molecule has 4 aromatic rings. The highest BCUT2D eigenvalue weighted by Crippen LogP contribution is 2.39. The van der Waals surface area contributed by atoms with Gasteiger partial charge in [0.1, 0.15) is 34.6 Å². The van der Waals surface area contributed by atoms with Crippen LogP contribution in [0, 0.1) is 5.82 Å². The summed E-state index contributed by atoms with van der Waals surface area (Å²) in [6, 6.07) is 13.6.